The van der Waals surface area contributed by atoms with Crippen molar-refractivity contribution >= 4 is 0 Å². The Bertz CT molecular complexity index is 321. The zero-order valence-corrected chi connectivity index (χ0v) is 14.6. The Labute approximate surface area is 132 Å². The van der Waals surface area contributed by atoms with Gasteiger partial charge in [0.25, 0.3) is 0 Å². The fourth-order valence-corrected chi connectivity index (χ4v) is 3.46. The first kappa shape index (κ1) is 18.5. The van der Waals surface area contributed by atoms with Crippen LogP contribution in [0.2, 0.25) is 0 Å². The van der Waals surface area contributed by atoms with Crippen LogP contribution in [0.15, 0.2) is 0 Å². The van der Waals surface area contributed by atoms with Crippen molar-refractivity contribution in [1.29, 1.82) is 5.26 Å². The molecule has 0 aliphatic carbocycles. The Kier molecular flexibility index (Phi) is 8.29. The van der Waals surface area contributed by atoms with Crippen LogP contribution in [0.1, 0.15) is 66.2 Å². The van der Waals surface area contributed by atoms with Crippen LogP contribution < -0.4 is 5.32 Å². The van der Waals surface area contributed by atoms with Gasteiger partial charge in [-0.25, -0.2) is 0 Å². The lowest BCUT2D eigenvalue weighted by Gasteiger charge is -2.24. The molecule has 0 saturated carbocycles. The molecule has 1 rings (SSSR count). The van der Waals surface area contributed by atoms with Gasteiger partial charge in [-0.1, -0.05) is 20.8 Å². The first-order valence-corrected chi connectivity index (χ1v) is 8.89. The van der Waals surface area contributed by atoms with Crippen LogP contribution >= 0.6 is 0 Å². The first-order valence-electron chi connectivity index (χ1n) is 8.89. The van der Waals surface area contributed by atoms with Crippen LogP contribution in [0.5, 0.6) is 0 Å². The molecule has 1 N–H and O–H groups in total. The maximum absolute atomic E-state index is 9.26. The van der Waals surface area contributed by atoms with E-state index in [1.165, 1.54) is 45.3 Å². The molecule has 0 aromatic carbocycles. The van der Waals surface area contributed by atoms with Crippen LogP contribution in [0.3, 0.4) is 0 Å². The number of nitrogens with zero attached hydrogens (tertiary/aromatic N) is 2. The van der Waals surface area contributed by atoms with E-state index in [-0.39, 0.29) is 5.54 Å². The summed E-state index contributed by atoms with van der Waals surface area (Å²) in [4.78, 5) is 2.64. The van der Waals surface area contributed by atoms with Crippen LogP contribution in [-0.4, -0.2) is 36.6 Å². The van der Waals surface area contributed by atoms with E-state index in [1.54, 1.807) is 0 Å². The van der Waals surface area contributed by atoms with Gasteiger partial charge in [-0.3, -0.25) is 5.32 Å². The van der Waals surface area contributed by atoms with E-state index in [9.17, 15) is 5.26 Å². The van der Waals surface area contributed by atoms with E-state index >= 15 is 0 Å². The molecular formula is C18H35N3. The van der Waals surface area contributed by atoms with Gasteiger partial charge in [-0.05, 0) is 83.5 Å². The number of unbranched alkanes of at least 4 members (excludes halogenated alkanes) is 1. The second kappa shape index (κ2) is 9.43. The minimum atomic E-state index is -0.337. The van der Waals surface area contributed by atoms with Gasteiger partial charge in [0, 0.05) is 0 Å². The van der Waals surface area contributed by atoms with Crippen LogP contribution in [-0.2, 0) is 0 Å². The number of rotatable bonds is 8. The van der Waals surface area contributed by atoms with Crippen molar-refractivity contribution in [3.63, 3.8) is 0 Å². The molecule has 0 bridgehead atoms. The fraction of sp³-hybridized carbons (Fsp3) is 0.944. The number of likely N-dealkylation sites (tertiary alicyclic amines) is 1. The molecule has 1 fully saturated rings. The highest BCUT2D eigenvalue weighted by Gasteiger charge is 2.22. The summed E-state index contributed by atoms with van der Waals surface area (Å²) in [7, 11) is 0. The molecule has 3 nitrogen and oxygen atoms in total. The minimum Gasteiger partial charge on any atom is -0.303 e. The highest BCUT2D eigenvalue weighted by atomic mass is 15.1. The number of hydrogen-bond donors (Lipinski definition) is 1. The van der Waals surface area contributed by atoms with Crippen molar-refractivity contribution in [3.8, 4) is 6.07 Å². The van der Waals surface area contributed by atoms with Gasteiger partial charge < -0.3 is 4.90 Å². The monoisotopic (exact) mass is 293 g/mol. The highest BCUT2D eigenvalue weighted by molar-refractivity contribution is 5.03. The average Bonchev–Trinajstić information content (AvgIpc) is 2.69. The molecule has 0 amide bonds. The fourth-order valence-electron chi connectivity index (χ4n) is 3.46. The van der Waals surface area contributed by atoms with Gasteiger partial charge >= 0.3 is 0 Å². The lowest BCUT2D eigenvalue weighted by molar-refractivity contribution is 0.262. The molecule has 3 heteroatoms. The maximum atomic E-state index is 9.26. The largest absolute Gasteiger partial charge is 0.303 e. The summed E-state index contributed by atoms with van der Waals surface area (Å²) < 4.78 is 0. The molecule has 21 heavy (non-hydrogen) atoms. The quantitative estimate of drug-likeness (QED) is 0.692. The van der Waals surface area contributed by atoms with E-state index in [1.807, 2.05) is 6.92 Å². The topological polar surface area (TPSA) is 39.1 Å². The number of nitrogens with one attached hydrogen (secondary N) is 1. The van der Waals surface area contributed by atoms with E-state index in [4.69, 9.17) is 0 Å². The molecule has 122 valence electrons. The smallest absolute Gasteiger partial charge is 0.103 e. The molecular weight excluding hydrogens is 258 g/mol. The Morgan fingerprint density at radius 2 is 2.05 bits per heavy atom. The van der Waals surface area contributed by atoms with Crippen molar-refractivity contribution in [2.45, 2.75) is 71.8 Å². The summed E-state index contributed by atoms with van der Waals surface area (Å²) in [5.74, 6) is 1.76. The highest BCUT2D eigenvalue weighted by Crippen LogP contribution is 2.24. The van der Waals surface area contributed by atoms with E-state index < -0.39 is 0 Å². The molecule has 2 atom stereocenters. The van der Waals surface area contributed by atoms with E-state index in [0.717, 1.165) is 31.2 Å². The van der Waals surface area contributed by atoms with Gasteiger partial charge in [0.05, 0.1) is 6.07 Å². The maximum Gasteiger partial charge on any atom is 0.103 e. The molecule has 0 radical (unpaired) electrons. The zero-order valence-electron chi connectivity index (χ0n) is 14.6. The van der Waals surface area contributed by atoms with Crippen molar-refractivity contribution in [3.05, 3.63) is 0 Å². The standard InChI is InChI=1S/C18H35N3/c1-5-20-18(4,15-19)11-6-7-12-21-13-8-9-17(10-14-21)16(2)3/h16-17,20H,5-14H2,1-4H3. The van der Waals surface area contributed by atoms with Crippen molar-refractivity contribution < 1.29 is 0 Å². The number of nitriles is 1. The third kappa shape index (κ3) is 6.80. The second-order valence-electron chi connectivity index (χ2n) is 7.21. The Morgan fingerprint density at radius 3 is 2.67 bits per heavy atom. The molecule has 1 aliphatic rings. The Hall–Kier alpha value is -0.590. The molecule has 2 unspecified atom stereocenters. The summed E-state index contributed by atoms with van der Waals surface area (Å²) in [6.45, 7) is 13.4. The van der Waals surface area contributed by atoms with Crippen LogP contribution in [0.4, 0.5) is 0 Å². The molecule has 1 saturated heterocycles. The molecule has 1 aliphatic heterocycles. The second-order valence-corrected chi connectivity index (χ2v) is 7.21. The third-order valence-corrected chi connectivity index (χ3v) is 5.02. The van der Waals surface area contributed by atoms with Crippen LogP contribution in [0.25, 0.3) is 0 Å². The first-order chi connectivity index (χ1) is 10.0. The Morgan fingerprint density at radius 1 is 1.29 bits per heavy atom. The molecule has 1 heterocycles. The lowest BCUT2D eigenvalue weighted by Crippen LogP contribution is -2.40. The average molecular weight is 293 g/mol. The summed E-state index contributed by atoms with van der Waals surface area (Å²) in [6.07, 6.45) is 7.44. The Balaban J connectivity index is 2.22. The summed E-state index contributed by atoms with van der Waals surface area (Å²) in [6, 6.07) is 2.42. The van der Waals surface area contributed by atoms with E-state index in [2.05, 4.69) is 37.1 Å². The molecule has 0 aromatic rings. The van der Waals surface area contributed by atoms with E-state index in [0.29, 0.717) is 0 Å². The minimum absolute atomic E-state index is 0.337. The van der Waals surface area contributed by atoms with Gasteiger partial charge in [0.15, 0.2) is 0 Å². The zero-order chi connectivity index (χ0) is 15.7. The summed E-state index contributed by atoms with van der Waals surface area (Å²) in [5, 5.41) is 12.6. The molecule has 0 spiro atoms. The predicted molar refractivity (Wildman–Crippen MR) is 90.2 cm³/mol. The van der Waals surface area contributed by atoms with Crippen molar-refractivity contribution in [2.75, 3.05) is 26.2 Å². The SMILES string of the molecule is CCNC(C)(C#N)CCCCN1CCCC(C(C)C)CC1. The number of hydrogen-bond acceptors (Lipinski definition) is 3. The van der Waals surface area contributed by atoms with Gasteiger partial charge in [-0.15, -0.1) is 0 Å². The predicted octanol–water partition coefficient (Wildman–Crippen LogP) is 3.81. The summed E-state index contributed by atoms with van der Waals surface area (Å²) in [5.41, 5.74) is -0.337. The van der Waals surface area contributed by atoms with Gasteiger partial charge in [-0.2, -0.15) is 5.26 Å². The van der Waals surface area contributed by atoms with Gasteiger partial charge in [0.1, 0.15) is 5.54 Å². The summed E-state index contributed by atoms with van der Waals surface area (Å²) >= 11 is 0. The third-order valence-electron chi connectivity index (χ3n) is 5.02. The lowest BCUT2D eigenvalue weighted by atomic mass is 9.89. The van der Waals surface area contributed by atoms with Crippen LogP contribution in [0, 0.1) is 23.2 Å². The van der Waals surface area contributed by atoms with Crippen molar-refractivity contribution in [2.24, 2.45) is 11.8 Å². The van der Waals surface area contributed by atoms with Gasteiger partial charge in [0.2, 0.25) is 0 Å². The molecule has 0 aromatic heterocycles. The normalized spacial score (nSPS) is 23.5. The van der Waals surface area contributed by atoms with Crippen molar-refractivity contribution in [1.82, 2.24) is 10.2 Å².